The van der Waals surface area contributed by atoms with Crippen molar-refractivity contribution in [2.24, 2.45) is 5.41 Å². The van der Waals surface area contributed by atoms with Gasteiger partial charge in [0.25, 0.3) is 0 Å². The Balaban J connectivity index is 4.93. The summed E-state index contributed by atoms with van der Waals surface area (Å²) in [6, 6.07) is -0.509. The lowest BCUT2D eigenvalue weighted by atomic mass is 10.0. The second-order valence-corrected chi connectivity index (χ2v) is 7.39. The number of rotatable bonds is 6. The third-order valence-electron chi connectivity index (χ3n) is 2.25. The summed E-state index contributed by atoms with van der Waals surface area (Å²) in [4.78, 5) is 10.6. The molecule has 0 aromatic carbocycles. The lowest BCUT2D eigenvalue weighted by Gasteiger charge is -2.29. The molecule has 0 bridgehead atoms. The van der Waals surface area contributed by atoms with E-state index in [0.717, 1.165) is 0 Å². The third kappa shape index (κ3) is 6.02. The molecular formula is C11H23NO4S. The van der Waals surface area contributed by atoms with Crippen LogP contribution in [-0.4, -0.2) is 42.1 Å². The number of carboxylic acid groups (broad SMARTS) is 1. The second kappa shape index (κ2) is 5.82. The maximum absolute atomic E-state index is 12.1. The molecule has 0 rings (SSSR count). The summed E-state index contributed by atoms with van der Waals surface area (Å²) in [5, 5.41) is 8.71. The zero-order valence-corrected chi connectivity index (χ0v) is 12.0. The van der Waals surface area contributed by atoms with Gasteiger partial charge in [0.15, 0.2) is 0 Å². The molecule has 0 heterocycles. The van der Waals surface area contributed by atoms with Crippen LogP contribution >= 0.6 is 0 Å². The number of carboxylic acids is 1. The van der Waals surface area contributed by atoms with Crippen molar-refractivity contribution in [2.75, 3.05) is 12.3 Å². The Kier molecular flexibility index (Phi) is 5.61. The molecule has 0 aromatic heterocycles. The van der Waals surface area contributed by atoms with Gasteiger partial charge in [0.1, 0.15) is 0 Å². The lowest BCUT2D eigenvalue weighted by Crippen LogP contribution is -2.43. The van der Waals surface area contributed by atoms with Crippen molar-refractivity contribution in [3.63, 3.8) is 0 Å². The molecule has 5 nitrogen and oxygen atoms in total. The van der Waals surface area contributed by atoms with E-state index in [1.165, 1.54) is 4.31 Å². The Hall–Kier alpha value is -0.620. The van der Waals surface area contributed by atoms with Gasteiger partial charge in [0.2, 0.25) is 10.0 Å². The molecule has 17 heavy (non-hydrogen) atoms. The minimum atomic E-state index is -3.40. The molecule has 1 N–H and O–H groups in total. The van der Waals surface area contributed by atoms with Crippen LogP contribution in [0.15, 0.2) is 0 Å². The number of nitrogens with zero attached hydrogens (tertiary/aromatic N) is 1. The van der Waals surface area contributed by atoms with Crippen molar-refractivity contribution in [1.29, 1.82) is 0 Å². The average Bonchev–Trinajstić information content (AvgIpc) is 1.96. The van der Waals surface area contributed by atoms with E-state index >= 15 is 0 Å². The first-order chi connectivity index (χ1) is 7.49. The van der Waals surface area contributed by atoms with Crippen LogP contribution in [0.4, 0.5) is 0 Å². The molecule has 0 amide bonds. The van der Waals surface area contributed by atoms with Gasteiger partial charge in [-0.1, -0.05) is 27.7 Å². The highest BCUT2D eigenvalue weighted by molar-refractivity contribution is 7.89. The van der Waals surface area contributed by atoms with E-state index in [0.29, 0.717) is 6.54 Å². The van der Waals surface area contributed by atoms with Crippen LogP contribution in [0.5, 0.6) is 0 Å². The molecule has 0 spiro atoms. The van der Waals surface area contributed by atoms with Crippen molar-refractivity contribution in [3.8, 4) is 0 Å². The highest BCUT2D eigenvalue weighted by atomic mass is 32.2. The smallest absolute Gasteiger partial charge is 0.304 e. The van der Waals surface area contributed by atoms with Gasteiger partial charge in [-0.2, -0.15) is 4.31 Å². The maximum Gasteiger partial charge on any atom is 0.304 e. The first-order valence-electron chi connectivity index (χ1n) is 5.71. The lowest BCUT2D eigenvalue weighted by molar-refractivity contribution is -0.137. The topological polar surface area (TPSA) is 74.7 Å². The standard InChI is InChI=1S/C11H23NO4S/c1-6-12(9(2)7-10(13)14)17(15,16)8-11(3,4)5/h9H,6-8H2,1-5H3,(H,13,14). The molecule has 0 aliphatic rings. The first kappa shape index (κ1) is 16.4. The molecule has 0 saturated carbocycles. The minimum Gasteiger partial charge on any atom is -0.481 e. The van der Waals surface area contributed by atoms with E-state index in [-0.39, 0.29) is 17.6 Å². The van der Waals surface area contributed by atoms with Crippen LogP contribution in [0.3, 0.4) is 0 Å². The van der Waals surface area contributed by atoms with Gasteiger partial charge < -0.3 is 5.11 Å². The third-order valence-corrected chi connectivity index (χ3v) is 4.81. The Labute approximate surface area is 104 Å². The van der Waals surface area contributed by atoms with Gasteiger partial charge in [-0.15, -0.1) is 0 Å². The van der Waals surface area contributed by atoms with Crippen molar-refractivity contribution in [3.05, 3.63) is 0 Å². The van der Waals surface area contributed by atoms with Gasteiger partial charge in [-0.3, -0.25) is 4.79 Å². The second-order valence-electron chi connectivity index (χ2n) is 5.47. The van der Waals surface area contributed by atoms with Crippen molar-refractivity contribution < 1.29 is 18.3 Å². The zero-order chi connectivity index (χ0) is 13.9. The summed E-state index contributed by atoms with van der Waals surface area (Å²) in [5.41, 5.74) is -0.338. The van der Waals surface area contributed by atoms with Crippen LogP contribution in [0.1, 0.15) is 41.0 Å². The summed E-state index contributed by atoms with van der Waals surface area (Å²) in [5.74, 6) is -0.959. The van der Waals surface area contributed by atoms with Crippen molar-refractivity contribution in [1.82, 2.24) is 4.31 Å². The number of aliphatic carboxylic acids is 1. The highest BCUT2D eigenvalue weighted by Crippen LogP contribution is 2.20. The minimum absolute atomic E-state index is 0.0256. The highest BCUT2D eigenvalue weighted by Gasteiger charge is 2.31. The van der Waals surface area contributed by atoms with Gasteiger partial charge in [-0.05, 0) is 12.3 Å². The Morgan fingerprint density at radius 1 is 1.35 bits per heavy atom. The summed E-state index contributed by atoms with van der Waals surface area (Å²) >= 11 is 0. The fraction of sp³-hybridized carbons (Fsp3) is 0.909. The molecule has 0 aromatic rings. The fourth-order valence-corrected chi connectivity index (χ4v) is 4.04. The quantitative estimate of drug-likeness (QED) is 0.790. The molecule has 0 aliphatic carbocycles. The van der Waals surface area contributed by atoms with Crippen LogP contribution in [0, 0.1) is 5.41 Å². The normalized spacial score (nSPS) is 14.9. The number of sulfonamides is 1. The Morgan fingerprint density at radius 3 is 2.12 bits per heavy atom. The molecule has 0 saturated heterocycles. The van der Waals surface area contributed by atoms with Crippen LogP contribution < -0.4 is 0 Å². The number of hydrogen-bond donors (Lipinski definition) is 1. The maximum atomic E-state index is 12.1. The largest absolute Gasteiger partial charge is 0.481 e. The first-order valence-corrected chi connectivity index (χ1v) is 7.32. The molecule has 102 valence electrons. The van der Waals surface area contributed by atoms with E-state index in [2.05, 4.69) is 0 Å². The molecule has 1 atom stereocenters. The van der Waals surface area contributed by atoms with Gasteiger partial charge in [0, 0.05) is 12.6 Å². The molecular weight excluding hydrogens is 242 g/mol. The van der Waals surface area contributed by atoms with Crippen molar-refractivity contribution in [2.45, 2.75) is 47.1 Å². The SMILES string of the molecule is CCN(C(C)CC(=O)O)S(=O)(=O)CC(C)(C)C. The van der Waals surface area contributed by atoms with E-state index in [4.69, 9.17) is 5.11 Å². The summed E-state index contributed by atoms with van der Waals surface area (Å²) < 4.78 is 25.5. The van der Waals surface area contributed by atoms with E-state index < -0.39 is 22.0 Å². The number of carbonyl (C=O) groups is 1. The Bertz CT molecular complexity index is 356. The van der Waals surface area contributed by atoms with E-state index in [1.807, 2.05) is 20.8 Å². The molecule has 0 aliphatic heterocycles. The molecule has 0 fully saturated rings. The fourth-order valence-electron chi connectivity index (χ4n) is 1.77. The monoisotopic (exact) mass is 265 g/mol. The van der Waals surface area contributed by atoms with Gasteiger partial charge in [0.05, 0.1) is 12.2 Å². The van der Waals surface area contributed by atoms with Crippen LogP contribution in [0.25, 0.3) is 0 Å². The van der Waals surface area contributed by atoms with E-state index in [1.54, 1.807) is 13.8 Å². The summed E-state index contributed by atoms with van der Waals surface area (Å²) in [7, 11) is -3.40. The van der Waals surface area contributed by atoms with Crippen LogP contribution in [0.2, 0.25) is 0 Å². The van der Waals surface area contributed by atoms with Gasteiger partial charge >= 0.3 is 5.97 Å². The summed E-state index contributed by atoms with van der Waals surface area (Å²) in [6.45, 7) is 9.18. The predicted molar refractivity (Wildman–Crippen MR) is 67.3 cm³/mol. The van der Waals surface area contributed by atoms with Crippen molar-refractivity contribution >= 4 is 16.0 Å². The van der Waals surface area contributed by atoms with Crippen LogP contribution in [-0.2, 0) is 14.8 Å². The Morgan fingerprint density at radius 2 is 1.82 bits per heavy atom. The average molecular weight is 265 g/mol. The zero-order valence-electron chi connectivity index (χ0n) is 11.2. The molecule has 6 heteroatoms. The molecule has 1 unspecified atom stereocenters. The van der Waals surface area contributed by atoms with Gasteiger partial charge in [-0.25, -0.2) is 8.42 Å². The predicted octanol–water partition coefficient (Wildman–Crippen LogP) is 1.55. The molecule has 0 radical (unpaired) electrons. The summed E-state index contributed by atoms with van der Waals surface area (Å²) in [6.07, 6.45) is -0.169. The van der Waals surface area contributed by atoms with E-state index in [9.17, 15) is 13.2 Å². The number of hydrogen-bond acceptors (Lipinski definition) is 3.